The summed E-state index contributed by atoms with van der Waals surface area (Å²) in [5, 5.41) is 0.934. The summed E-state index contributed by atoms with van der Waals surface area (Å²) in [6.45, 7) is 2.23. The zero-order chi connectivity index (χ0) is 14.0. The molecule has 2 aromatic rings. The SMILES string of the molecule is Cc1ncc(CN(C)S(=O)(=O)c2cccc(Br)c2)s1. The Balaban J connectivity index is 2.24. The number of sulfonamides is 1. The van der Waals surface area contributed by atoms with Crippen LogP contribution in [-0.4, -0.2) is 24.8 Å². The van der Waals surface area contributed by atoms with Gasteiger partial charge in [-0.1, -0.05) is 22.0 Å². The molecule has 102 valence electrons. The Kier molecular flexibility index (Phi) is 4.39. The average molecular weight is 361 g/mol. The molecule has 2 rings (SSSR count). The van der Waals surface area contributed by atoms with Gasteiger partial charge in [-0.15, -0.1) is 11.3 Å². The van der Waals surface area contributed by atoms with Crippen LogP contribution < -0.4 is 0 Å². The van der Waals surface area contributed by atoms with Crippen LogP contribution in [0.25, 0.3) is 0 Å². The zero-order valence-corrected chi connectivity index (χ0v) is 13.7. The third-order valence-electron chi connectivity index (χ3n) is 2.55. The van der Waals surface area contributed by atoms with Crippen molar-refractivity contribution in [2.75, 3.05) is 7.05 Å². The fourth-order valence-corrected chi connectivity index (χ4v) is 4.27. The predicted octanol–water partition coefficient (Wildman–Crippen LogP) is 3.03. The van der Waals surface area contributed by atoms with Crippen molar-refractivity contribution in [3.05, 3.63) is 44.8 Å². The van der Waals surface area contributed by atoms with Gasteiger partial charge in [0.1, 0.15) is 0 Å². The van der Waals surface area contributed by atoms with E-state index in [1.807, 2.05) is 6.92 Å². The van der Waals surface area contributed by atoms with E-state index in [0.717, 1.165) is 14.4 Å². The minimum absolute atomic E-state index is 0.283. The predicted molar refractivity (Wildman–Crippen MR) is 79.6 cm³/mol. The van der Waals surface area contributed by atoms with Gasteiger partial charge in [-0.3, -0.25) is 0 Å². The van der Waals surface area contributed by atoms with E-state index in [4.69, 9.17) is 0 Å². The largest absolute Gasteiger partial charge is 0.250 e. The molecule has 0 amide bonds. The number of benzene rings is 1. The van der Waals surface area contributed by atoms with E-state index in [0.29, 0.717) is 6.54 Å². The number of nitrogens with zero attached hydrogens (tertiary/aromatic N) is 2. The minimum Gasteiger partial charge on any atom is -0.250 e. The molecule has 0 atom stereocenters. The van der Waals surface area contributed by atoms with Crippen molar-refractivity contribution < 1.29 is 8.42 Å². The Morgan fingerprint density at radius 3 is 2.74 bits per heavy atom. The second kappa shape index (κ2) is 5.70. The molecule has 0 saturated carbocycles. The van der Waals surface area contributed by atoms with Crippen LogP contribution in [0.2, 0.25) is 0 Å². The first kappa shape index (κ1) is 14.6. The standard InChI is InChI=1S/C12H13BrN2O2S2/c1-9-14-7-11(18-9)8-15(2)19(16,17)12-5-3-4-10(13)6-12/h3-7H,8H2,1-2H3. The number of rotatable bonds is 4. The van der Waals surface area contributed by atoms with Crippen LogP contribution in [0.15, 0.2) is 39.8 Å². The van der Waals surface area contributed by atoms with Crippen LogP contribution in [0.4, 0.5) is 0 Å². The maximum atomic E-state index is 12.4. The van der Waals surface area contributed by atoms with E-state index < -0.39 is 10.0 Å². The van der Waals surface area contributed by atoms with Crippen molar-refractivity contribution in [2.24, 2.45) is 0 Å². The smallest absolute Gasteiger partial charge is 0.243 e. The Hall–Kier alpha value is -0.760. The van der Waals surface area contributed by atoms with Crippen molar-refractivity contribution >= 4 is 37.3 Å². The molecular weight excluding hydrogens is 348 g/mol. The maximum absolute atomic E-state index is 12.4. The highest BCUT2D eigenvalue weighted by atomic mass is 79.9. The van der Waals surface area contributed by atoms with Gasteiger partial charge < -0.3 is 0 Å². The van der Waals surface area contributed by atoms with Crippen molar-refractivity contribution in [3.8, 4) is 0 Å². The van der Waals surface area contributed by atoms with E-state index >= 15 is 0 Å². The van der Waals surface area contributed by atoms with Crippen molar-refractivity contribution in [3.63, 3.8) is 0 Å². The van der Waals surface area contributed by atoms with Gasteiger partial charge in [-0.25, -0.2) is 13.4 Å². The molecule has 0 aliphatic heterocycles. The summed E-state index contributed by atoms with van der Waals surface area (Å²) in [4.78, 5) is 5.34. The van der Waals surface area contributed by atoms with Crippen LogP contribution in [0.3, 0.4) is 0 Å². The lowest BCUT2D eigenvalue weighted by Gasteiger charge is -2.16. The molecule has 0 aliphatic carbocycles. The molecule has 19 heavy (non-hydrogen) atoms. The summed E-state index contributed by atoms with van der Waals surface area (Å²) in [6.07, 6.45) is 1.72. The fraction of sp³-hybridized carbons (Fsp3) is 0.250. The molecule has 1 heterocycles. The third kappa shape index (κ3) is 3.42. The molecule has 0 radical (unpaired) electrons. The molecule has 0 spiro atoms. The van der Waals surface area contributed by atoms with Gasteiger partial charge in [-0.05, 0) is 25.1 Å². The summed E-state index contributed by atoms with van der Waals surface area (Å²) in [5.41, 5.74) is 0. The van der Waals surface area contributed by atoms with Crippen LogP contribution >= 0.6 is 27.3 Å². The quantitative estimate of drug-likeness (QED) is 0.841. The van der Waals surface area contributed by atoms with Gasteiger partial charge in [0, 0.05) is 29.1 Å². The molecule has 0 N–H and O–H groups in total. The molecule has 0 bridgehead atoms. The highest BCUT2D eigenvalue weighted by Crippen LogP contribution is 2.22. The molecule has 0 aliphatic rings. The van der Waals surface area contributed by atoms with E-state index in [2.05, 4.69) is 20.9 Å². The molecule has 4 nitrogen and oxygen atoms in total. The van der Waals surface area contributed by atoms with Gasteiger partial charge in [-0.2, -0.15) is 4.31 Å². The molecule has 1 aromatic heterocycles. The lowest BCUT2D eigenvalue weighted by atomic mass is 10.4. The summed E-state index contributed by atoms with van der Waals surface area (Å²) < 4.78 is 26.9. The Morgan fingerprint density at radius 1 is 1.42 bits per heavy atom. The Morgan fingerprint density at radius 2 is 2.16 bits per heavy atom. The van der Waals surface area contributed by atoms with E-state index in [1.54, 1.807) is 37.5 Å². The van der Waals surface area contributed by atoms with Crippen molar-refractivity contribution in [2.45, 2.75) is 18.4 Å². The lowest BCUT2D eigenvalue weighted by Crippen LogP contribution is -2.26. The fourth-order valence-electron chi connectivity index (χ4n) is 1.59. The Bertz CT molecular complexity index is 683. The topological polar surface area (TPSA) is 50.3 Å². The van der Waals surface area contributed by atoms with E-state index in [9.17, 15) is 8.42 Å². The first-order valence-corrected chi connectivity index (χ1v) is 8.58. The highest BCUT2D eigenvalue weighted by Gasteiger charge is 2.21. The molecule has 0 fully saturated rings. The normalized spacial score (nSPS) is 12.0. The van der Waals surface area contributed by atoms with E-state index in [1.165, 1.54) is 15.6 Å². The minimum atomic E-state index is -3.47. The molecule has 0 saturated heterocycles. The number of aryl methyl sites for hydroxylation is 1. The summed E-state index contributed by atoms with van der Waals surface area (Å²) in [7, 11) is -1.89. The third-order valence-corrected chi connectivity index (χ3v) is 5.74. The first-order valence-electron chi connectivity index (χ1n) is 5.53. The van der Waals surface area contributed by atoms with Gasteiger partial charge in [0.2, 0.25) is 10.0 Å². The van der Waals surface area contributed by atoms with Gasteiger partial charge in [0.05, 0.1) is 9.90 Å². The molecule has 0 unspecified atom stereocenters. The van der Waals surface area contributed by atoms with Gasteiger partial charge in [0.15, 0.2) is 0 Å². The average Bonchev–Trinajstić information content (AvgIpc) is 2.74. The number of hydrogen-bond donors (Lipinski definition) is 0. The van der Waals surface area contributed by atoms with Crippen LogP contribution in [-0.2, 0) is 16.6 Å². The summed E-state index contributed by atoms with van der Waals surface area (Å²) >= 11 is 4.79. The molecule has 7 heteroatoms. The summed E-state index contributed by atoms with van der Waals surface area (Å²) in [6, 6.07) is 6.70. The van der Waals surface area contributed by atoms with Crippen molar-refractivity contribution in [1.82, 2.24) is 9.29 Å². The van der Waals surface area contributed by atoms with Crippen molar-refractivity contribution in [1.29, 1.82) is 0 Å². The monoisotopic (exact) mass is 360 g/mol. The maximum Gasteiger partial charge on any atom is 0.243 e. The molecule has 1 aromatic carbocycles. The first-order chi connectivity index (χ1) is 8.89. The number of thiazole rings is 1. The van der Waals surface area contributed by atoms with E-state index in [-0.39, 0.29) is 4.90 Å². The number of hydrogen-bond acceptors (Lipinski definition) is 4. The molecular formula is C12H13BrN2O2S2. The lowest BCUT2D eigenvalue weighted by molar-refractivity contribution is 0.469. The number of aromatic nitrogens is 1. The Labute approximate surface area is 125 Å². The van der Waals surface area contributed by atoms with Crippen LogP contribution in [0.1, 0.15) is 9.88 Å². The highest BCUT2D eigenvalue weighted by molar-refractivity contribution is 9.10. The number of halogens is 1. The van der Waals surface area contributed by atoms with Crippen LogP contribution in [0.5, 0.6) is 0 Å². The summed E-state index contributed by atoms with van der Waals surface area (Å²) in [5.74, 6) is 0. The van der Waals surface area contributed by atoms with Crippen LogP contribution in [0, 0.1) is 6.92 Å². The van der Waals surface area contributed by atoms with Gasteiger partial charge >= 0.3 is 0 Å². The zero-order valence-electron chi connectivity index (χ0n) is 10.5. The second-order valence-electron chi connectivity index (χ2n) is 4.06. The second-order valence-corrected chi connectivity index (χ2v) is 8.34. The van der Waals surface area contributed by atoms with Gasteiger partial charge in [0.25, 0.3) is 0 Å².